The summed E-state index contributed by atoms with van der Waals surface area (Å²) in [6.45, 7) is 0.511. The number of nitrogens with two attached hydrogens (primary N) is 1. The minimum atomic E-state index is -5.67. The minimum absolute atomic E-state index is 0.244. The van der Waals surface area contributed by atoms with Gasteiger partial charge in [-0.05, 0) is 30.0 Å². The van der Waals surface area contributed by atoms with E-state index >= 15 is 0 Å². The Morgan fingerprint density at radius 3 is 2.47 bits per heavy atom. The zero-order chi connectivity index (χ0) is 14.3. The van der Waals surface area contributed by atoms with Crippen molar-refractivity contribution in [3.63, 3.8) is 0 Å². The van der Waals surface area contributed by atoms with Gasteiger partial charge in [-0.15, -0.1) is 0 Å². The molecule has 0 saturated carbocycles. The molecule has 0 bridgehead atoms. The number of hydrogen-bond donors (Lipinski definition) is 1. The Morgan fingerprint density at radius 2 is 1.84 bits per heavy atom. The molecule has 0 spiro atoms. The Hall–Kier alpha value is -1.37. The Kier molecular flexibility index (Phi) is 3.42. The molecule has 1 unspecified atom stereocenters. The number of fused-ring (bicyclic) bond motifs is 1. The highest BCUT2D eigenvalue weighted by molar-refractivity contribution is 5.40. The fourth-order valence-corrected chi connectivity index (χ4v) is 1.96. The maximum Gasteiger partial charge on any atom is 0.455 e. The van der Waals surface area contributed by atoms with Crippen LogP contribution in [0.5, 0.6) is 5.75 Å². The lowest BCUT2D eigenvalue weighted by atomic mass is 9.96. The largest absolute Gasteiger partial charge is 0.493 e. The van der Waals surface area contributed by atoms with Gasteiger partial charge in [0, 0.05) is 0 Å². The zero-order valence-corrected chi connectivity index (χ0v) is 9.81. The molecule has 19 heavy (non-hydrogen) atoms. The topological polar surface area (TPSA) is 35.2 Å². The summed E-state index contributed by atoms with van der Waals surface area (Å²) in [5.74, 6) is -4.45. The number of aryl methyl sites for hydroxylation is 1. The van der Waals surface area contributed by atoms with Crippen LogP contribution in [0.4, 0.5) is 22.0 Å². The van der Waals surface area contributed by atoms with E-state index in [4.69, 9.17) is 10.5 Å². The van der Waals surface area contributed by atoms with Crippen LogP contribution in [0, 0.1) is 0 Å². The minimum Gasteiger partial charge on any atom is -0.493 e. The number of hydrogen-bond acceptors (Lipinski definition) is 2. The van der Waals surface area contributed by atoms with Crippen LogP contribution in [-0.2, 0) is 6.42 Å². The van der Waals surface area contributed by atoms with Gasteiger partial charge in [-0.1, -0.05) is 12.1 Å². The number of halogens is 5. The smallest absolute Gasteiger partial charge is 0.455 e. The molecule has 2 rings (SSSR count). The van der Waals surface area contributed by atoms with E-state index in [1.54, 1.807) is 0 Å². The Bertz CT molecular complexity index is 472. The summed E-state index contributed by atoms with van der Waals surface area (Å²) in [6.07, 6.45) is -4.40. The molecule has 2 nitrogen and oxygen atoms in total. The first-order valence-electron chi connectivity index (χ1n) is 5.69. The van der Waals surface area contributed by atoms with Gasteiger partial charge < -0.3 is 10.5 Å². The molecule has 1 aliphatic heterocycles. The van der Waals surface area contributed by atoms with E-state index in [1.165, 1.54) is 12.1 Å². The van der Waals surface area contributed by atoms with Crippen LogP contribution in [0.25, 0.3) is 0 Å². The van der Waals surface area contributed by atoms with Gasteiger partial charge in [0.2, 0.25) is 0 Å². The van der Waals surface area contributed by atoms with E-state index < -0.39 is 18.1 Å². The molecule has 1 aromatic rings. The maximum absolute atomic E-state index is 13.2. The molecule has 1 aliphatic rings. The molecule has 1 atom stereocenters. The summed E-state index contributed by atoms with van der Waals surface area (Å²) in [4.78, 5) is 0. The molecule has 7 heteroatoms. The summed E-state index contributed by atoms with van der Waals surface area (Å²) in [5.41, 5.74) is 5.45. The lowest BCUT2D eigenvalue weighted by Crippen LogP contribution is -2.45. The first kappa shape index (κ1) is 14.0. The third kappa shape index (κ3) is 2.51. The van der Waals surface area contributed by atoms with E-state index in [1.807, 2.05) is 0 Å². The second kappa shape index (κ2) is 4.63. The van der Waals surface area contributed by atoms with Gasteiger partial charge in [0.05, 0.1) is 6.61 Å². The van der Waals surface area contributed by atoms with Crippen LogP contribution < -0.4 is 10.5 Å². The van der Waals surface area contributed by atoms with Gasteiger partial charge in [-0.2, -0.15) is 22.0 Å². The molecular formula is C12H12F5NO. The molecule has 0 aliphatic carbocycles. The molecular weight excluding hydrogens is 269 g/mol. The van der Waals surface area contributed by atoms with E-state index in [0.717, 1.165) is 6.07 Å². The predicted molar refractivity (Wildman–Crippen MR) is 58.2 cm³/mol. The molecule has 106 valence electrons. The highest BCUT2D eigenvalue weighted by Crippen LogP contribution is 2.44. The van der Waals surface area contributed by atoms with E-state index in [-0.39, 0.29) is 5.56 Å². The van der Waals surface area contributed by atoms with Crippen LogP contribution in [0.1, 0.15) is 23.6 Å². The van der Waals surface area contributed by atoms with Crippen molar-refractivity contribution in [3.8, 4) is 5.75 Å². The van der Waals surface area contributed by atoms with Crippen molar-refractivity contribution in [3.05, 3.63) is 29.3 Å². The first-order chi connectivity index (χ1) is 8.73. The van der Waals surface area contributed by atoms with Crippen molar-refractivity contribution in [2.75, 3.05) is 6.61 Å². The molecule has 1 aromatic carbocycles. The quantitative estimate of drug-likeness (QED) is 0.845. The van der Waals surface area contributed by atoms with Gasteiger partial charge in [0.15, 0.2) is 0 Å². The SMILES string of the molecule is NC(c1ccc2c(c1)CCCO2)C(F)(F)C(F)(F)F. The van der Waals surface area contributed by atoms with Crippen LogP contribution >= 0.6 is 0 Å². The number of alkyl halides is 5. The van der Waals surface area contributed by atoms with E-state index in [2.05, 4.69) is 0 Å². The van der Waals surface area contributed by atoms with Crippen molar-refractivity contribution in [1.82, 2.24) is 0 Å². The summed E-state index contributed by atoms with van der Waals surface area (Å²) < 4.78 is 68.3. The van der Waals surface area contributed by atoms with Crippen molar-refractivity contribution in [2.45, 2.75) is 31.0 Å². The highest BCUT2D eigenvalue weighted by Gasteiger charge is 2.61. The van der Waals surface area contributed by atoms with Crippen molar-refractivity contribution in [2.24, 2.45) is 5.73 Å². The average molecular weight is 281 g/mol. The van der Waals surface area contributed by atoms with Gasteiger partial charge >= 0.3 is 12.1 Å². The third-order valence-corrected chi connectivity index (χ3v) is 3.06. The highest BCUT2D eigenvalue weighted by atomic mass is 19.4. The third-order valence-electron chi connectivity index (χ3n) is 3.06. The van der Waals surface area contributed by atoms with Crippen LogP contribution in [0.2, 0.25) is 0 Å². The fourth-order valence-electron chi connectivity index (χ4n) is 1.96. The fraction of sp³-hybridized carbons (Fsp3) is 0.500. The second-order valence-corrected chi connectivity index (χ2v) is 4.42. The molecule has 2 N–H and O–H groups in total. The standard InChI is InChI=1S/C12H12F5NO/c13-11(14,12(15,16)17)10(18)8-3-4-9-7(6-8)2-1-5-19-9/h3-4,6,10H,1-2,5,18H2. The Labute approximate surface area is 106 Å². The predicted octanol–water partition coefficient (Wildman–Crippen LogP) is 3.21. The summed E-state index contributed by atoms with van der Waals surface area (Å²) in [6, 6.07) is 1.38. The average Bonchev–Trinajstić information content (AvgIpc) is 2.36. The van der Waals surface area contributed by atoms with Crippen molar-refractivity contribution < 1.29 is 26.7 Å². The molecule has 1 heterocycles. The number of benzene rings is 1. The summed E-state index contributed by atoms with van der Waals surface area (Å²) in [7, 11) is 0. The van der Waals surface area contributed by atoms with E-state index in [0.29, 0.717) is 30.8 Å². The molecule has 0 saturated heterocycles. The van der Waals surface area contributed by atoms with Gasteiger partial charge in [-0.3, -0.25) is 0 Å². The lowest BCUT2D eigenvalue weighted by Gasteiger charge is -2.27. The summed E-state index contributed by atoms with van der Waals surface area (Å²) >= 11 is 0. The summed E-state index contributed by atoms with van der Waals surface area (Å²) in [5, 5.41) is 0. The van der Waals surface area contributed by atoms with Crippen LogP contribution in [-0.4, -0.2) is 18.7 Å². The van der Waals surface area contributed by atoms with Crippen LogP contribution in [0.15, 0.2) is 18.2 Å². The lowest BCUT2D eigenvalue weighted by molar-refractivity contribution is -0.291. The number of rotatable bonds is 2. The maximum atomic E-state index is 13.2. The molecule has 0 fully saturated rings. The molecule has 0 radical (unpaired) electrons. The van der Waals surface area contributed by atoms with Crippen molar-refractivity contribution in [1.29, 1.82) is 0 Å². The van der Waals surface area contributed by atoms with Gasteiger partial charge in [-0.25, -0.2) is 0 Å². The molecule has 0 aromatic heterocycles. The normalized spacial score (nSPS) is 17.6. The van der Waals surface area contributed by atoms with Gasteiger partial charge in [0.1, 0.15) is 11.8 Å². The Balaban J connectivity index is 2.32. The zero-order valence-electron chi connectivity index (χ0n) is 9.81. The molecule has 0 amide bonds. The van der Waals surface area contributed by atoms with E-state index in [9.17, 15) is 22.0 Å². The van der Waals surface area contributed by atoms with Crippen molar-refractivity contribution >= 4 is 0 Å². The van der Waals surface area contributed by atoms with Crippen LogP contribution in [0.3, 0.4) is 0 Å². The van der Waals surface area contributed by atoms with Gasteiger partial charge in [0.25, 0.3) is 0 Å². The first-order valence-corrected chi connectivity index (χ1v) is 5.69. The number of ether oxygens (including phenoxy) is 1. The second-order valence-electron chi connectivity index (χ2n) is 4.42. The Morgan fingerprint density at radius 1 is 1.16 bits per heavy atom. The monoisotopic (exact) mass is 281 g/mol.